The van der Waals surface area contributed by atoms with Crippen LogP contribution in [0.25, 0.3) is 0 Å². The van der Waals surface area contributed by atoms with Crippen molar-refractivity contribution in [2.45, 2.75) is 58.3 Å². The predicted molar refractivity (Wildman–Crippen MR) is 77.6 cm³/mol. The maximum atomic E-state index is 6.24. The SMILES string of the molecule is [CH2]Cc1cccc(Cl)c1CCCCCCCC. The highest BCUT2D eigenvalue weighted by molar-refractivity contribution is 6.31. The first kappa shape index (κ1) is 14.6. The molecule has 0 amide bonds. The minimum Gasteiger partial charge on any atom is -0.0840 e. The molecule has 0 atom stereocenters. The van der Waals surface area contributed by atoms with E-state index >= 15 is 0 Å². The molecule has 0 heterocycles. The van der Waals surface area contributed by atoms with Gasteiger partial charge >= 0.3 is 0 Å². The second-order valence-electron chi connectivity index (χ2n) is 4.65. The lowest BCUT2D eigenvalue weighted by Gasteiger charge is -2.09. The quantitative estimate of drug-likeness (QED) is 0.526. The van der Waals surface area contributed by atoms with Gasteiger partial charge in [-0.15, -0.1) is 0 Å². The van der Waals surface area contributed by atoms with Crippen molar-refractivity contribution in [2.24, 2.45) is 0 Å². The zero-order chi connectivity index (χ0) is 12.5. The van der Waals surface area contributed by atoms with Crippen molar-refractivity contribution in [2.75, 3.05) is 0 Å². The molecule has 0 saturated heterocycles. The van der Waals surface area contributed by atoms with Crippen molar-refractivity contribution in [1.29, 1.82) is 0 Å². The van der Waals surface area contributed by atoms with Crippen LogP contribution in [0.4, 0.5) is 0 Å². The molecule has 1 radical (unpaired) electrons. The fourth-order valence-corrected chi connectivity index (χ4v) is 2.49. The molecular weight excluding hydrogens is 228 g/mol. The Bertz CT molecular complexity index is 317. The first-order valence-corrected chi connectivity index (χ1v) is 7.23. The molecular formula is C16H24Cl. The molecule has 1 aromatic rings. The summed E-state index contributed by atoms with van der Waals surface area (Å²) in [7, 11) is 0. The molecule has 0 aliphatic carbocycles. The zero-order valence-corrected chi connectivity index (χ0v) is 11.7. The number of unbranched alkanes of at least 4 members (excludes halogenated alkanes) is 5. The molecule has 0 aliphatic rings. The molecule has 0 aliphatic heterocycles. The van der Waals surface area contributed by atoms with E-state index in [2.05, 4.69) is 19.9 Å². The standard InChI is InChI=1S/C16H24Cl/c1-3-5-6-7-8-9-12-15-14(4-2)11-10-13-16(15)17/h10-11,13H,2-9,12H2,1H3. The van der Waals surface area contributed by atoms with E-state index in [4.69, 9.17) is 11.6 Å². The summed E-state index contributed by atoms with van der Waals surface area (Å²) in [6, 6.07) is 6.16. The Balaban J connectivity index is 2.35. The van der Waals surface area contributed by atoms with Gasteiger partial charge in [-0.1, -0.05) is 62.8 Å². The fourth-order valence-electron chi connectivity index (χ4n) is 2.20. The summed E-state index contributed by atoms with van der Waals surface area (Å²) in [5.41, 5.74) is 2.63. The van der Waals surface area contributed by atoms with Crippen LogP contribution in [0.1, 0.15) is 56.6 Å². The minimum atomic E-state index is 0.839. The third-order valence-corrected chi connectivity index (χ3v) is 3.62. The van der Waals surface area contributed by atoms with Crippen LogP contribution in [-0.2, 0) is 12.8 Å². The molecule has 0 spiro atoms. The topological polar surface area (TPSA) is 0 Å². The van der Waals surface area contributed by atoms with Crippen molar-refractivity contribution in [1.82, 2.24) is 0 Å². The average molecular weight is 252 g/mol. The van der Waals surface area contributed by atoms with E-state index in [-0.39, 0.29) is 0 Å². The Labute approximate surface area is 111 Å². The van der Waals surface area contributed by atoms with Crippen LogP contribution in [-0.4, -0.2) is 0 Å². The van der Waals surface area contributed by atoms with E-state index in [0.717, 1.165) is 17.9 Å². The molecule has 0 N–H and O–H groups in total. The Morgan fingerprint density at radius 2 is 1.76 bits per heavy atom. The van der Waals surface area contributed by atoms with Crippen LogP contribution in [0.5, 0.6) is 0 Å². The van der Waals surface area contributed by atoms with Crippen LogP contribution < -0.4 is 0 Å². The number of benzene rings is 1. The summed E-state index contributed by atoms with van der Waals surface area (Å²) in [6.45, 7) is 6.22. The van der Waals surface area contributed by atoms with Gasteiger partial charge < -0.3 is 0 Å². The molecule has 17 heavy (non-hydrogen) atoms. The van der Waals surface area contributed by atoms with Crippen molar-refractivity contribution in [3.05, 3.63) is 41.3 Å². The van der Waals surface area contributed by atoms with Gasteiger partial charge in [-0.2, -0.15) is 0 Å². The molecule has 0 nitrogen and oxygen atoms in total. The smallest absolute Gasteiger partial charge is 0.0440 e. The molecule has 0 unspecified atom stereocenters. The number of rotatable bonds is 8. The lowest BCUT2D eigenvalue weighted by molar-refractivity contribution is 0.607. The zero-order valence-electron chi connectivity index (χ0n) is 11.0. The third-order valence-electron chi connectivity index (χ3n) is 3.27. The van der Waals surface area contributed by atoms with Crippen LogP contribution in [0.15, 0.2) is 18.2 Å². The van der Waals surface area contributed by atoms with E-state index in [1.54, 1.807) is 0 Å². The highest BCUT2D eigenvalue weighted by atomic mass is 35.5. The van der Waals surface area contributed by atoms with Gasteiger partial charge in [0.25, 0.3) is 0 Å². The summed E-state index contributed by atoms with van der Waals surface area (Å²) in [5, 5.41) is 0.916. The van der Waals surface area contributed by atoms with Crippen LogP contribution in [0, 0.1) is 6.92 Å². The molecule has 1 heteroatoms. The van der Waals surface area contributed by atoms with Crippen LogP contribution in [0.3, 0.4) is 0 Å². The normalized spacial score (nSPS) is 10.8. The second-order valence-corrected chi connectivity index (χ2v) is 5.05. The highest BCUT2D eigenvalue weighted by Gasteiger charge is 2.04. The summed E-state index contributed by atoms with van der Waals surface area (Å²) in [6.07, 6.45) is 9.94. The van der Waals surface area contributed by atoms with Crippen molar-refractivity contribution in [3.8, 4) is 0 Å². The van der Waals surface area contributed by atoms with Gasteiger partial charge in [0.1, 0.15) is 0 Å². The second kappa shape index (κ2) is 8.58. The van der Waals surface area contributed by atoms with Gasteiger partial charge in [-0.25, -0.2) is 0 Å². The summed E-state index contributed by atoms with van der Waals surface area (Å²) in [5.74, 6) is 0. The third kappa shape index (κ3) is 5.12. The van der Waals surface area contributed by atoms with Gasteiger partial charge in [0.05, 0.1) is 0 Å². The van der Waals surface area contributed by atoms with E-state index in [0.29, 0.717) is 0 Å². The molecule has 0 aromatic heterocycles. The maximum absolute atomic E-state index is 6.24. The summed E-state index contributed by atoms with van der Waals surface area (Å²) >= 11 is 6.24. The highest BCUT2D eigenvalue weighted by Crippen LogP contribution is 2.23. The predicted octanol–water partition coefficient (Wildman–Crippen LogP) is 5.62. The van der Waals surface area contributed by atoms with E-state index in [1.165, 1.54) is 49.7 Å². The van der Waals surface area contributed by atoms with Gasteiger partial charge in [-0.3, -0.25) is 0 Å². The van der Waals surface area contributed by atoms with Gasteiger partial charge in [-0.05, 0) is 43.4 Å². The maximum Gasteiger partial charge on any atom is 0.0440 e. The van der Waals surface area contributed by atoms with Crippen LogP contribution >= 0.6 is 11.6 Å². The number of hydrogen-bond donors (Lipinski definition) is 0. The Kier molecular flexibility index (Phi) is 7.35. The van der Waals surface area contributed by atoms with E-state index in [9.17, 15) is 0 Å². The van der Waals surface area contributed by atoms with Gasteiger partial charge in [0.15, 0.2) is 0 Å². The first-order chi connectivity index (χ1) is 8.29. The van der Waals surface area contributed by atoms with Crippen molar-refractivity contribution >= 4 is 11.6 Å². The van der Waals surface area contributed by atoms with Gasteiger partial charge in [0.2, 0.25) is 0 Å². The minimum absolute atomic E-state index is 0.839. The summed E-state index contributed by atoms with van der Waals surface area (Å²) in [4.78, 5) is 0. The Morgan fingerprint density at radius 1 is 1.06 bits per heavy atom. The number of halogens is 1. The van der Waals surface area contributed by atoms with Crippen LogP contribution in [0.2, 0.25) is 5.02 Å². The molecule has 0 saturated carbocycles. The van der Waals surface area contributed by atoms with Crippen molar-refractivity contribution in [3.63, 3.8) is 0 Å². The Morgan fingerprint density at radius 3 is 2.47 bits per heavy atom. The molecule has 1 rings (SSSR count). The molecule has 0 fully saturated rings. The largest absolute Gasteiger partial charge is 0.0840 e. The van der Waals surface area contributed by atoms with E-state index < -0.39 is 0 Å². The average Bonchev–Trinajstić information content (AvgIpc) is 2.35. The summed E-state index contributed by atoms with van der Waals surface area (Å²) < 4.78 is 0. The lowest BCUT2D eigenvalue weighted by Crippen LogP contribution is -1.94. The number of hydrogen-bond acceptors (Lipinski definition) is 0. The van der Waals surface area contributed by atoms with E-state index in [1.807, 2.05) is 12.1 Å². The first-order valence-electron chi connectivity index (χ1n) is 6.85. The Hall–Kier alpha value is -0.490. The van der Waals surface area contributed by atoms with Crippen molar-refractivity contribution < 1.29 is 0 Å². The fraction of sp³-hybridized carbons (Fsp3) is 0.562. The molecule has 0 bridgehead atoms. The monoisotopic (exact) mass is 251 g/mol. The molecule has 1 aromatic carbocycles. The lowest BCUT2D eigenvalue weighted by atomic mass is 9.99. The van der Waals surface area contributed by atoms with Gasteiger partial charge in [0, 0.05) is 5.02 Å². The molecule has 95 valence electrons.